The average molecular weight is 305 g/mol. The van der Waals surface area contributed by atoms with Gasteiger partial charge in [-0.05, 0) is 69.6 Å². The van der Waals surface area contributed by atoms with Crippen LogP contribution in [0.5, 0.6) is 0 Å². The van der Waals surface area contributed by atoms with Crippen LogP contribution in [-0.4, -0.2) is 37.0 Å². The Labute approximate surface area is 132 Å². The summed E-state index contributed by atoms with van der Waals surface area (Å²) in [4.78, 5) is 27.8. The van der Waals surface area contributed by atoms with E-state index in [1.165, 1.54) is 20.0 Å². The third-order valence-electron chi connectivity index (χ3n) is 6.78. The number of likely N-dealkylation sites (tertiary alicyclic amines) is 1. The summed E-state index contributed by atoms with van der Waals surface area (Å²) in [5, 5.41) is 0. The highest BCUT2D eigenvalue weighted by Gasteiger charge is 2.64. The lowest BCUT2D eigenvalue weighted by Gasteiger charge is -2.60. The second kappa shape index (κ2) is 4.97. The van der Waals surface area contributed by atoms with Gasteiger partial charge in [-0.25, -0.2) is 0 Å². The number of esters is 1. The largest absolute Gasteiger partial charge is 0.469 e. The third kappa shape index (κ3) is 2.02. The summed E-state index contributed by atoms with van der Waals surface area (Å²) in [6.45, 7) is 1.84. The molecule has 2 unspecified atom stereocenters. The fourth-order valence-corrected chi connectivity index (χ4v) is 6.40. The van der Waals surface area contributed by atoms with Gasteiger partial charge in [-0.2, -0.15) is 0 Å². The minimum absolute atomic E-state index is 0.0579. The molecule has 0 spiro atoms. The molecule has 1 heterocycles. The molecule has 4 heteroatoms. The number of hydrogen-bond acceptors (Lipinski definition) is 3. The number of nitrogens with zero attached hydrogens (tertiary/aromatic N) is 1. The van der Waals surface area contributed by atoms with Crippen molar-refractivity contribution < 1.29 is 14.3 Å². The molecule has 0 aromatic rings. The second-order valence-electron chi connectivity index (χ2n) is 8.37. The summed E-state index contributed by atoms with van der Waals surface area (Å²) < 4.78 is 5.14. The summed E-state index contributed by atoms with van der Waals surface area (Å²) in [6, 6.07) is 0. The van der Waals surface area contributed by atoms with Crippen molar-refractivity contribution >= 4 is 11.9 Å². The minimum atomic E-state index is -0.357. The lowest BCUT2D eigenvalue weighted by molar-refractivity contribution is -0.186. The van der Waals surface area contributed by atoms with E-state index in [2.05, 4.69) is 4.90 Å². The molecule has 0 aromatic carbocycles. The van der Waals surface area contributed by atoms with Crippen molar-refractivity contribution in [3.8, 4) is 0 Å². The van der Waals surface area contributed by atoms with E-state index in [0.29, 0.717) is 17.7 Å². The van der Waals surface area contributed by atoms with E-state index in [4.69, 9.17) is 4.74 Å². The maximum Gasteiger partial charge on any atom is 0.311 e. The van der Waals surface area contributed by atoms with Crippen LogP contribution in [0, 0.1) is 22.7 Å². The van der Waals surface area contributed by atoms with Crippen molar-refractivity contribution in [1.82, 2.24) is 4.90 Å². The number of ether oxygens (including phenoxy) is 1. The normalized spacial score (nSPS) is 43.2. The molecule has 1 amide bonds. The van der Waals surface area contributed by atoms with Gasteiger partial charge in [0.25, 0.3) is 0 Å². The topological polar surface area (TPSA) is 46.6 Å². The van der Waals surface area contributed by atoms with Crippen molar-refractivity contribution in [2.75, 3.05) is 20.2 Å². The lowest BCUT2D eigenvalue weighted by Crippen LogP contribution is -2.60. The van der Waals surface area contributed by atoms with Crippen molar-refractivity contribution in [1.29, 1.82) is 0 Å². The second-order valence-corrected chi connectivity index (χ2v) is 8.37. The average Bonchev–Trinajstić information content (AvgIpc) is 2.53. The van der Waals surface area contributed by atoms with Gasteiger partial charge in [0, 0.05) is 13.1 Å². The SMILES string of the molecule is COC(=O)C12C[C@H]3C[C@@H](C1)CC(C(=O)N1CCCCC1)(C3)C2. The fourth-order valence-electron chi connectivity index (χ4n) is 6.40. The summed E-state index contributed by atoms with van der Waals surface area (Å²) in [5.41, 5.74) is -0.611. The van der Waals surface area contributed by atoms with Crippen LogP contribution in [0.3, 0.4) is 0 Å². The quantitative estimate of drug-likeness (QED) is 0.737. The molecule has 4 saturated carbocycles. The number of methoxy groups -OCH3 is 1. The molecule has 4 atom stereocenters. The van der Waals surface area contributed by atoms with Crippen LogP contribution >= 0.6 is 0 Å². The third-order valence-corrected chi connectivity index (χ3v) is 6.78. The van der Waals surface area contributed by atoms with Gasteiger partial charge in [0.2, 0.25) is 5.91 Å². The van der Waals surface area contributed by atoms with Crippen molar-refractivity contribution in [3.05, 3.63) is 0 Å². The monoisotopic (exact) mass is 305 g/mol. The van der Waals surface area contributed by atoms with Gasteiger partial charge in [0.05, 0.1) is 17.9 Å². The molecule has 1 saturated heterocycles. The number of carbonyl (C=O) groups is 2. The lowest BCUT2D eigenvalue weighted by atomic mass is 9.44. The van der Waals surface area contributed by atoms with E-state index >= 15 is 0 Å². The van der Waals surface area contributed by atoms with Crippen LogP contribution in [0.2, 0.25) is 0 Å². The van der Waals surface area contributed by atoms with Gasteiger partial charge in [0.15, 0.2) is 0 Å². The van der Waals surface area contributed by atoms with E-state index < -0.39 is 0 Å². The van der Waals surface area contributed by atoms with E-state index in [9.17, 15) is 9.59 Å². The number of hydrogen-bond donors (Lipinski definition) is 0. The van der Waals surface area contributed by atoms with Gasteiger partial charge in [-0.3, -0.25) is 9.59 Å². The van der Waals surface area contributed by atoms with E-state index in [-0.39, 0.29) is 16.8 Å². The zero-order valence-corrected chi connectivity index (χ0v) is 13.6. The summed E-state index contributed by atoms with van der Waals surface area (Å²) in [6.07, 6.45) is 9.40. The molecular weight excluding hydrogens is 278 g/mol. The Balaban J connectivity index is 1.63. The highest BCUT2D eigenvalue weighted by molar-refractivity contribution is 5.86. The van der Waals surface area contributed by atoms with Gasteiger partial charge in [0.1, 0.15) is 0 Å². The van der Waals surface area contributed by atoms with Gasteiger partial charge in [-0.15, -0.1) is 0 Å². The predicted molar refractivity (Wildman–Crippen MR) is 82.0 cm³/mol. The van der Waals surface area contributed by atoms with Crippen LogP contribution in [0.4, 0.5) is 0 Å². The summed E-state index contributed by atoms with van der Waals surface area (Å²) in [5.74, 6) is 1.40. The summed E-state index contributed by atoms with van der Waals surface area (Å²) >= 11 is 0. The van der Waals surface area contributed by atoms with Crippen LogP contribution < -0.4 is 0 Å². The van der Waals surface area contributed by atoms with E-state index in [1.807, 2.05) is 0 Å². The molecule has 122 valence electrons. The Kier molecular flexibility index (Phi) is 3.28. The Bertz CT molecular complexity index is 481. The van der Waals surface area contributed by atoms with Crippen LogP contribution in [-0.2, 0) is 14.3 Å². The number of piperidine rings is 1. The molecule has 0 aromatic heterocycles. The van der Waals surface area contributed by atoms with Crippen LogP contribution in [0.15, 0.2) is 0 Å². The van der Waals surface area contributed by atoms with Gasteiger partial charge < -0.3 is 9.64 Å². The van der Waals surface area contributed by atoms with Crippen LogP contribution in [0.1, 0.15) is 57.8 Å². The minimum Gasteiger partial charge on any atom is -0.469 e. The van der Waals surface area contributed by atoms with Crippen molar-refractivity contribution in [3.63, 3.8) is 0 Å². The zero-order valence-electron chi connectivity index (χ0n) is 13.6. The molecular formula is C18H27NO3. The van der Waals surface area contributed by atoms with Crippen molar-refractivity contribution in [2.45, 2.75) is 57.8 Å². The molecule has 1 aliphatic heterocycles. The first-order valence-electron chi connectivity index (χ1n) is 8.95. The predicted octanol–water partition coefficient (Wildman–Crippen LogP) is 2.76. The van der Waals surface area contributed by atoms with Crippen LogP contribution in [0.25, 0.3) is 0 Å². The first-order valence-corrected chi connectivity index (χ1v) is 8.95. The van der Waals surface area contributed by atoms with Gasteiger partial charge in [-0.1, -0.05) is 0 Å². The standard InChI is InChI=1S/C18H27NO3/c1-22-16(21)18-10-13-7-14(11-18)9-17(8-13,12-18)15(20)19-5-3-2-4-6-19/h13-14H,2-12H2,1H3/t13-,14+,17?,18?. The Morgan fingerprint density at radius 2 is 1.55 bits per heavy atom. The fraction of sp³-hybridized carbons (Fsp3) is 0.889. The Morgan fingerprint density at radius 3 is 2.14 bits per heavy atom. The summed E-state index contributed by atoms with van der Waals surface area (Å²) in [7, 11) is 1.50. The Hall–Kier alpha value is -1.06. The maximum atomic E-state index is 13.3. The van der Waals surface area contributed by atoms with Gasteiger partial charge >= 0.3 is 5.97 Å². The number of carbonyl (C=O) groups excluding carboxylic acids is 2. The molecule has 0 radical (unpaired) electrons. The maximum absolute atomic E-state index is 13.3. The molecule has 5 aliphatic rings. The number of amides is 1. The highest BCUT2D eigenvalue weighted by atomic mass is 16.5. The van der Waals surface area contributed by atoms with E-state index in [0.717, 1.165) is 58.0 Å². The molecule has 22 heavy (non-hydrogen) atoms. The molecule has 4 nitrogen and oxygen atoms in total. The first-order chi connectivity index (χ1) is 10.6. The zero-order chi connectivity index (χ0) is 15.4. The first kappa shape index (κ1) is 14.5. The molecule has 4 aliphatic carbocycles. The van der Waals surface area contributed by atoms with E-state index in [1.54, 1.807) is 0 Å². The Morgan fingerprint density at radius 1 is 0.955 bits per heavy atom. The van der Waals surface area contributed by atoms with Crippen molar-refractivity contribution in [2.24, 2.45) is 22.7 Å². The molecule has 5 fully saturated rings. The highest BCUT2D eigenvalue weighted by Crippen LogP contribution is 2.66. The molecule has 4 bridgehead atoms. The number of rotatable bonds is 2. The molecule has 5 rings (SSSR count). The smallest absolute Gasteiger partial charge is 0.311 e. The molecule has 0 N–H and O–H groups in total.